The van der Waals surface area contributed by atoms with E-state index in [1.54, 1.807) is 0 Å². The molecule has 1 fully saturated rings. The van der Waals surface area contributed by atoms with Crippen LogP contribution in [0.4, 0.5) is 0 Å². The third-order valence-corrected chi connectivity index (χ3v) is 5.34. The molecule has 0 aromatic carbocycles. The molecule has 5 atom stereocenters. The highest BCUT2D eigenvalue weighted by molar-refractivity contribution is 5.66. The Morgan fingerprint density at radius 3 is 2.70 bits per heavy atom. The predicted octanol–water partition coefficient (Wildman–Crippen LogP) is 3.24. The molecule has 1 N–H and O–H groups in total. The second-order valence-electron chi connectivity index (χ2n) is 6.75. The zero-order chi connectivity index (χ0) is 15.1. The second-order valence-corrected chi connectivity index (χ2v) is 6.75. The lowest BCUT2D eigenvalue weighted by molar-refractivity contribution is -0.156. The molecule has 2 rings (SSSR count). The molecule has 0 radical (unpaired) electrons. The van der Waals surface area contributed by atoms with E-state index in [1.807, 2.05) is 0 Å². The van der Waals surface area contributed by atoms with Gasteiger partial charge in [0.05, 0.1) is 6.10 Å². The number of aliphatic hydroxyl groups excluding tert-OH is 1. The zero-order valence-electron chi connectivity index (χ0n) is 13.0. The van der Waals surface area contributed by atoms with E-state index >= 15 is 0 Å². The molecule has 0 aliphatic heterocycles. The van der Waals surface area contributed by atoms with Gasteiger partial charge in [0.1, 0.15) is 6.10 Å². The molecule has 3 heteroatoms. The quantitative estimate of drug-likeness (QED) is 0.623. The zero-order valence-corrected chi connectivity index (χ0v) is 13.0. The number of hydrogen-bond acceptors (Lipinski definition) is 3. The molecule has 0 aromatic heterocycles. The van der Waals surface area contributed by atoms with Crippen LogP contribution in [0, 0.1) is 17.3 Å². The van der Waals surface area contributed by atoms with Crippen molar-refractivity contribution in [1.29, 1.82) is 0 Å². The van der Waals surface area contributed by atoms with Crippen LogP contribution in [0.1, 0.15) is 47.0 Å². The molecule has 2 aliphatic rings. The lowest BCUT2D eigenvalue weighted by atomic mass is 9.56. The van der Waals surface area contributed by atoms with Crippen LogP contribution in [-0.4, -0.2) is 23.3 Å². The van der Waals surface area contributed by atoms with Crippen molar-refractivity contribution in [2.75, 3.05) is 0 Å². The first-order valence-corrected chi connectivity index (χ1v) is 7.47. The van der Waals surface area contributed by atoms with Gasteiger partial charge in [0.2, 0.25) is 0 Å². The first kappa shape index (κ1) is 15.3. The summed E-state index contributed by atoms with van der Waals surface area (Å²) >= 11 is 0. The van der Waals surface area contributed by atoms with Gasteiger partial charge in [-0.25, -0.2) is 0 Å². The predicted molar refractivity (Wildman–Crippen MR) is 79.1 cm³/mol. The minimum absolute atomic E-state index is 0.111. The van der Waals surface area contributed by atoms with Gasteiger partial charge in [0, 0.05) is 19.3 Å². The molecule has 112 valence electrons. The van der Waals surface area contributed by atoms with Gasteiger partial charge >= 0.3 is 5.97 Å². The number of aliphatic hydroxyl groups is 1. The van der Waals surface area contributed by atoms with Gasteiger partial charge in [0.15, 0.2) is 0 Å². The molecule has 0 saturated heterocycles. The van der Waals surface area contributed by atoms with Crippen molar-refractivity contribution in [1.82, 2.24) is 0 Å². The molecule has 1 saturated carbocycles. The first-order valence-electron chi connectivity index (χ1n) is 7.47. The summed E-state index contributed by atoms with van der Waals surface area (Å²) < 4.78 is 5.44. The number of carbonyl (C=O) groups is 1. The fraction of sp³-hybridized carbons (Fsp3) is 0.706. The summed E-state index contributed by atoms with van der Waals surface area (Å²) in [5.74, 6) is 0.398. The number of rotatable bonds is 2. The maximum absolute atomic E-state index is 11.3. The minimum atomic E-state index is -0.494. The van der Waals surface area contributed by atoms with Crippen LogP contribution in [0.2, 0.25) is 0 Å². The van der Waals surface area contributed by atoms with Crippen molar-refractivity contribution in [2.45, 2.75) is 59.2 Å². The highest BCUT2D eigenvalue weighted by Gasteiger charge is 2.50. The molecule has 0 spiro atoms. The van der Waals surface area contributed by atoms with Crippen LogP contribution in [0.5, 0.6) is 0 Å². The SMILES string of the molecule is C=C(C)C1CC=C2C(O)CC(OC(C)=O)C(C)C2(C)C1. The summed E-state index contributed by atoms with van der Waals surface area (Å²) in [6.45, 7) is 11.9. The van der Waals surface area contributed by atoms with Crippen LogP contribution in [0.3, 0.4) is 0 Å². The lowest BCUT2D eigenvalue weighted by Gasteiger charge is -2.51. The van der Waals surface area contributed by atoms with E-state index in [2.05, 4.69) is 33.4 Å². The number of carbonyl (C=O) groups excluding carboxylic acids is 1. The summed E-state index contributed by atoms with van der Waals surface area (Å²) in [4.78, 5) is 11.3. The van der Waals surface area contributed by atoms with Gasteiger partial charge in [-0.3, -0.25) is 4.79 Å². The smallest absolute Gasteiger partial charge is 0.302 e. The van der Waals surface area contributed by atoms with Crippen LogP contribution >= 0.6 is 0 Å². The molecule has 20 heavy (non-hydrogen) atoms. The maximum Gasteiger partial charge on any atom is 0.302 e. The minimum Gasteiger partial charge on any atom is -0.462 e. The number of fused-ring (bicyclic) bond motifs is 1. The largest absolute Gasteiger partial charge is 0.462 e. The Balaban J connectivity index is 2.31. The van der Waals surface area contributed by atoms with Crippen molar-refractivity contribution in [3.8, 4) is 0 Å². The van der Waals surface area contributed by atoms with Crippen molar-refractivity contribution < 1.29 is 14.6 Å². The van der Waals surface area contributed by atoms with E-state index in [-0.39, 0.29) is 23.4 Å². The Bertz CT molecular complexity index is 451. The summed E-state index contributed by atoms with van der Waals surface area (Å²) in [6.07, 6.45) is 3.94. The summed E-state index contributed by atoms with van der Waals surface area (Å²) in [5.41, 5.74) is 2.21. The molecule has 0 bridgehead atoms. The van der Waals surface area contributed by atoms with Crippen LogP contribution in [-0.2, 0) is 9.53 Å². The third-order valence-electron chi connectivity index (χ3n) is 5.34. The number of allylic oxidation sites excluding steroid dienone is 2. The summed E-state index contributed by atoms with van der Waals surface area (Å²) in [6, 6.07) is 0. The van der Waals surface area contributed by atoms with E-state index in [4.69, 9.17) is 4.74 Å². The van der Waals surface area contributed by atoms with Crippen molar-refractivity contribution in [3.63, 3.8) is 0 Å². The summed E-state index contributed by atoms with van der Waals surface area (Å²) in [7, 11) is 0. The Hall–Kier alpha value is -1.09. The Morgan fingerprint density at radius 1 is 1.50 bits per heavy atom. The van der Waals surface area contributed by atoms with Crippen LogP contribution in [0.25, 0.3) is 0 Å². The fourth-order valence-corrected chi connectivity index (χ4v) is 3.88. The molecular formula is C17H26O3. The van der Waals surface area contributed by atoms with E-state index < -0.39 is 6.10 Å². The van der Waals surface area contributed by atoms with E-state index in [0.717, 1.165) is 18.4 Å². The average molecular weight is 278 g/mol. The Morgan fingerprint density at radius 2 is 2.15 bits per heavy atom. The molecular weight excluding hydrogens is 252 g/mol. The summed E-state index contributed by atoms with van der Waals surface area (Å²) in [5, 5.41) is 10.4. The fourth-order valence-electron chi connectivity index (χ4n) is 3.88. The Labute approximate surface area is 121 Å². The van der Waals surface area contributed by atoms with Gasteiger partial charge in [-0.05, 0) is 36.7 Å². The topological polar surface area (TPSA) is 46.5 Å². The van der Waals surface area contributed by atoms with Gasteiger partial charge in [0.25, 0.3) is 0 Å². The van der Waals surface area contributed by atoms with Crippen LogP contribution in [0.15, 0.2) is 23.8 Å². The van der Waals surface area contributed by atoms with Crippen molar-refractivity contribution in [3.05, 3.63) is 23.8 Å². The number of hydrogen-bond donors (Lipinski definition) is 1. The normalized spacial score (nSPS) is 40.5. The molecule has 0 heterocycles. The first-order chi connectivity index (χ1) is 9.25. The third kappa shape index (κ3) is 2.56. The number of ether oxygens (including phenoxy) is 1. The standard InChI is InChI=1S/C17H26O3/c1-10(2)13-6-7-14-15(19)8-16(20-12(4)18)11(3)17(14,5)9-13/h7,11,13,15-16,19H,1,6,8-9H2,2-5H3. The van der Waals surface area contributed by atoms with Gasteiger partial charge in [-0.1, -0.05) is 32.1 Å². The molecule has 3 nitrogen and oxygen atoms in total. The van der Waals surface area contributed by atoms with Gasteiger partial charge < -0.3 is 9.84 Å². The van der Waals surface area contributed by atoms with Crippen LogP contribution < -0.4 is 0 Å². The van der Waals surface area contributed by atoms with E-state index in [0.29, 0.717) is 12.3 Å². The average Bonchev–Trinajstić information content (AvgIpc) is 2.34. The lowest BCUT2D eigenvalue weighted by Crippen LogP contribution is -2.49. The monoisotopic (exact) mass is 278 g/mol. The number of esters is 1. The molecule has 0 amide bonds. The van der Waals surface area contributed by atoms with Crippen molar-refractivity contribution >= 4 is 5.97 Å². The van der Waals surface area contributed by atoms with E-state index in [1.165, 1.54) is 12.5 Å². The van der Waals surface area contributed by atoms with E-state index in [9.17, 15) is 9.90 Å². The molecule has 5 unspecified atom stereocenters. The van der Waals surface area contributed by atoms with Gasteiger partial charge in [-0.15, -0.1) is 0 Å². The van der Waals surface area contributed by atoms with Crippen molar-refractivity contribution in [2.24, 2.45) is 17.3 Å². The highest BCUT2D eigenvalue weighted by Crippen LogP contribution is 2.53. The second kappa shape index (κ2) is 5.36. The molecule has 0 aromatic rings. The Kier molecular flexibility index (Phi) is 4.10. The highest BCUT2D eigenvalue weighted by atomic mass is 16.5. The molecule has 2 aliphatic carbocycles. The maximum atomic E-state index is 11.3. The van der Waals surface area contributed by atoms with Gasteiger partial charge in [-0.2, -0.15) is 0 Å².